The maximum absolute atomic E-state index is 11.5. The van der Waals surface area contributed by atoms with Gasteiger partial charge >= 0.3 is 5.97 Å². The number of ether oxygens (including phenoxy) is 1. The van der Waals surface area contributed by atoms with Crippen LogP contribution in [-0.4, -0.2) is 23.7 Å². The van der Waals surface area contributed by atoms with E-state index in [2.05, 4.69) is 21.2 Å². The fraction of sp³-hybridized carbons (Fsp3) is 0.562. The summed E-state index contributed by atoms with van der Waals surface area (Å²) in [7, 11) is 0. The molecule has 1 aromatic carbocycles. The van der Waals surface area contributed by atoms with Crippen molar-refractivity contribution in [3.05, 3.63) is 28.2 Å². The minimum atomic E-state index is -0.785. The third-order valence-corrected chi connectivity index (χ3v) is 4.15. The van der Waals surface area contributed by atoms with E-state index in [0.717, 1.165) is 28.6 Å². The Morgan fingerprint density at radius 1 is 1.52 bits per heavy atom. The highest BCUT2D eigenvalue weighted by atomic mass is 79.9. The Labute approximate surface area is 134 Å². The van der Waals surface area contributed by atoms with Crippen LogP contribution in [0.25, 0.3) is 0 Å². The van der Waals surface area contributed by atoms with Crippen LogP contribution >= 0.6 is 15.9 Å². The number of benzene rings is 1. The molecule has 1 aromatic rings. The molecule has 0 spiro atoms. The van der Waals surface area contributed by atoms with E-state index in [9.17, 15) is 9.90 Å². The number of halogens is 1. The normalized spacial score (nSPS) is 19.5. The van der Waals surface area contributed by atoms with Gasteiger partial charge in [-0.25, -0.2) is 0 Å². The van der Waals surface area contributed by atoms with Crippen molar-refractivity contribution < 1.29 is 14.6 Å². The lowest BCUT2D eigenvalue weighted by molar-refractivity contribution is -0.140. The van der Waals surface area contributed by atoms with Gasteiger partial charge in [0.05, 0.1) is 6.61 Å². The third kappa shape index (κ3) is 4.45. The predicted molar refractivity (Wildman–Crippen MR) is 85.6 cm³/mol. The van der Waals surface area contributed by atoms with E-state index in [1.165, 1.54) is 0 Å². The van der Waals surface area contributed by atoms with Crippen LogP contribution in [0.15, 0.2) is 22.7 Å². The minimum absolute atomic E-state index is 0.0236. The zero-order valence-electron chi connectivity index (χ0n) is 12.4. The number of carboxylic acids is 1. The standard InChI is InChI=1S/C16H22BrNO3/c1-10(2)8-14(16(19)20)18-13-4-3-7-21-15-9-11(17)5-6-12(13)15/h5-6,9-10,13-14,18H,3-4,7-8H2,1-2H3,(H,19,20). The van der Waals surface area contributed by atoms with Crippen molar-refractivity contribution in [2.75, 3.05) is 6.61 Å². The van der Waals surface area contributed by atoms with Crippen LogP contribution in [0.3, 0.4) is 0 Å². The molecule has 4 nitrogen and oxygen atoms in total. The molecule has 1 heterocycles. The molecule has 0 aromatic heterocycles. The lowest BCUT2D eigenvalue weighted by Crippen LogP contribution is -2.40. The first-order valence-corrected chi connectivity index (χ1v) is 8.17. The molecule has 0 fully saturated rings. The molecule has 2 unspecified atom stereocenters. The number of fused-ring (bicyclic) bond motifs is 1. The summed E-state index contributed by atoms with van der Waals surface area (Å²) in [6.07, 6.45) is 2.42. The van der Waals surface area contributed by atoms with E-state index < -0.39 is 12.0 Å². The van der Waals surface area contributed by atoms with Crippen LogP contribution in [0, 0.1) is 5.92 Å². The Balaban J connectivity index is 2.21. The van der Waals surface area contributed by atoms with E-state index in [1.807, 2.05) is 32.0 Å². The molecule has 0 bridgehead atoms. The van der Waals surface area contributed by atoms with Crippen molar-refractivity contribution in [1.82, 2.24) is 5.32 Å². The van der Waals surface area contributed by atoms with E-state index in [0.29, 0.717) is 18.9 Å². The van der Waals surface area contributed by atoms with Gasteiger partial charge in [0.1, 0.15) is 11.8 Å². The maximum atomic E-state index is 11.5. The second kappa shape index (κ2) is 7.27. The van der Waals surface area contributed by atoms with Crippen molar-refractivity contribution in [2.24, 2.45) is 5.92 Å². The monoisotopic (exact) mass is 355 g/mol. The van der Waals surface area contributed by atoms with Gasteiger partial charge < -0.3 is 9.84 Å². The second-order valence-electron chi connectivity index (χ2n) is 5.91. The highest BCUT2D eigenvalue weighted by Gasteiger charge is 2.26. The molecular formula is C16H22BrNO3. The third-order valence-electron chi connectivity index (χ3n) is 3.65. The molecule has 2 N–H and O–H groups in total. The molecule has 0 amide bonds. The first-order chi connectivity index (χ1) is 9.97. The van der Waals surface area contributed by atoms with Crippen molar-refractivity contribution in [3.8, 4) is 5.75 Å². The molecule has 116 valence electrons. The number of hydrogen-bond donors (Lipinski definition) is 2. The second-order valence-corrected chi connectivity index (χ2v) is 6.83. The van der Waals surface area contributed by atoms with E-state index in [4.69, 9.17) is 4.74 Å². The summed E-state index contributed by atoms with van der Waals surface area (Å²) < 4.78 is 6.74. The smallest absolute Gasteiger partial charge is 0.320 e. The minimum Gasteiger partial charge on any atom is -0.493 e. The van der Waals surface area contributed by atoms with Crippen LogP contribution in [-0.2, 0) is 4.79 Å². The summed E-state index contributed by atoms with van der Waals surface area (Å²) in [4.78, 5) is 11.5. The number of hydrogen-bond acceptors (Lipinski definition) is 3. The van der Waals surface area contributed by atoms with Crippen LogP contribution in [0.1, 0.15) is 44.7 Å². The molecule has 0 saturated heterocycles. The van der Waals surface area contributed by atoms with Crippen LogP contribution in [0.4, 0.5) is 0 Å². The average molecular weight is 356 g/mol. The summed E-state index contributed by atoms with van der Waals surface area (Å²) >= 11 is 3.45. The van der Waals surface area contributed by atoms with Crippen molar-refractivity contribution in [1.29, 1.82) is 0 Å². The SMILES string of the molecule is CC(C)CC(NC1CCCOc2cc(Br)ccc21)C(=O)O. The van der Waals surface area contributed by atoms with Crippen molar-refractivity contribution in [2.45, 2.75) is 45.2 Å². The lowest BCUT2D eigenvalue weighted by Gasteiger charge is -2.24. The van der Waals surface area contributed by atoms with Crippen molar-refractivity contribution in [3.63, 3.8) is 0 Å². The fourth-order valence-electron chi connectivity index (χ4n) is 2.67. The summed E-state index contributed by atoms with van der Waals surface area (Å²) in [5.74, 6) is 0.394. The summed E-state index contributed by atoms with van der Waals surface area (Å²) in [6, 6.07) is 5.44. The lowest BCUT2D eigenvalue weighted by atomic mass is 9.98. The Kier molecular flexibility index (Phi) is 5.65. The van der Waals surface area contributed by atoms with E-state index in [1.54, 1.807) is 0 Å². The van der Waals surface area contributed by atoms with Gasteiger partial charge in [0.25, 0.3) is 0 Å². The molecule has 2 rings (SSSR count). The molecule has 5 heteroatoms. The first kappa shape index (κ1) is 16.3. The molecule has 21 heavy (non-hydrogen) atoms. The number of nitrogens with one attached hydrogen (secondary N) is 1. The largest absolute Gasteiger partial charge is 0.493 e. The Morgan fingerprint density at radius 3 is 2.95 bits per heavy atom. The van der Waals surface area contributed by atoms with Gasteiger partial charge in [-0.05, 0) is 37.3 Å². The average Bonchev–Trinajstić information content (AvgIpc) is 2.59. The zero-order valence-corrected chi connectivity index (χ0v) is 14.0. The van der Waals surface area contributed by atoms with Gasteiger partial charge in [0, 0.05) is 16.1 Å². The highest BCUT2D eigenvalue weighted by molar-refractivity contribution is 9.10. The molecule has 2 atom stereocenters. The predicted octanol–water partition coefficient (Wildman–Crippen LogP) is 3.75. The number of carbonyl (C=O) groups is 1. The van der Waals surface area contributed by atoms with Crippen LogP contribution < -0.4 is 10.1 Å². The van der Waals surface area contributed by atoms with Crippen LogP contribution in [0.2, 0.25) is 0 Å². The van der Waals surface area contributed by atoms with Gasteiger partial charge in [-0.1, -0.05) is 35.8 Å². The maximum Gasteiger partial charge on any atom is 0.320 e. The van der Waals surface area contributed by atoms with Gasteiger partial charge in [-0.3, -0.25) is 10.1 Å². The molecule has 0 saturated carbocycles. The molecule has 0 radical (unpaired) electrons. The van der Waals surface area contributed by atoms with Gasteiger partial charge in [0.15, 0.2) is 0 Å². The van der Waals surface area contributed by atoms with E-state index >= 15 is 0 Å². The Hall–Kier alpha value is -1.07. The summed E-state index contributed by atoms with van der Waals surface area (Å²) in [5, 5.41) is 12.7. The number of carboxylic acid groups (broad SMARTS) is 1. The van der Waals surface area contributed by atoms with Crippen molar-refractivity contribution >= 4 is 21.9 Å². The fourth-order valence-corrected chi connectivity index (χ4v) is 3.01. The number of rotatable bonds is 5. The molecule has 0 aliphatic carbocycles. The summed E-state index contributed by atoms with van der Waals surface area (Å²) in [6.45, 7) is 4.75. The molecule has 1 aliphatic rings. The van der Waals surface area contributed by atoms with Crippen LogP contribution in [0.5, 0.6) is 5.75 Å². The Bertz CT molecular complexity index is 504. The number of aliphatic carboxylic acids is 1. The van der Waals surface area contributed by atoms with E-state index in [-0.39, 0.29) is 6.04 Å². The van der Waals surface area contributed by atoms with Gasteiger partial charge in [-0.2, -0.15) is 0 Å². The van der Waals surface area contributed by atoms with Gasteiger partial charge in [0.2, 0.25) is 0 Å². The first-order valence-electron chi connectivity index (χ1n) is 7.38. The zero-order chi connectivity index (χ0) is 15.4. The Morgan fingerprint density at radius 2 is 2.29 bits per heavy atom. The summed E-state index contributed by atoms with van der Waals surface area (Å²) in [5.41, 5.74) is 1.05. The topological polar surface area (TPSA) is 58.6 Å². The van der Waals surface area contributed by atoms with Gasteiger partial charge in [-0.15, -0.1) is 0 Å². The molecule has 1 aliphatic heterocycles. The quantitative estimate of drug-likeness (QED) is 0.844. The molecular weight excluding hydrogens is 334 g/mol. The highest BCUT2D eigenvalue weighted by Crippen LogP contribution is 2.34.